The van der Waals surface area contributed by atoms with Crippen LogP contribution in [0.3, 0.4) is 0 Å². The third-order valence-electron chi connectivity index (χ3n) is 4.76. The summed E-state index contributed by atoms with van der Waals surface area (Å²) in [6, 6.07) is 15.2. The van der Waals surface area contributed by atoms with Gasteiger partial charge < -0.3 is 19.2 Å². The van der Waals surface area contributed by atoms with Crippen molar-refractivity contribution in [1.82, 2.24) is 9.55 Å². The smallest absolute Gasteiger partial charge is 0.330 e. The predicted molar refractivity (Wildman–Crippen MR) is 117 cm³/mol. The van der Waals surface area contributed by atoms with Crippen LogP contribution < -0.4 is 10.4 Å². The third kappa shape index (κ3) is 4.20. The van der Waals surface area contributed by atoms with Gasteiger partial charge in [0.2, 0.25) is 0 Å². The Balaban J connectivity index is 1.59. The molecule has 7 nitrogen and oxygen atoms in total. The minimum atomic E-state index is -0.333. The Kier molecular flexibility index (Phi) is 5.32. The van der Waals surface area contributed by atoms with Crippen LogP contribution >= 0.6 is 0 Å². The Morgan fingerprint density at radius 2 is 2.00 bits per heavy atom. The highest BCUT2D eigenvalue weighted by atomic mass is 16.5. The Morgan fingerprint density at radius 3 is 2.74 bits per heavy atom. The Bertz CT molecular complexity index is 1340. The van der Waals surface area contributed by atoms with E-state index in [-0.39, 0.29) is 17.2 Å². The molecule has 156 valence electrons. The standard InChI is InChI=1S/C24H20N2O5/c1-15-6-11-22(31-15)19-14-26(24(29)25-19)18-5-3-4-17(13-18)20(27)9-7-16-8-10-21(28)23(12-16)30-2/h3-14,28H,1-2H3,(H,25,29). The van der Waals surface area contributed by atoms with E-state index in [4.69, 9.17) is 9.15 Å². The molecule has 2 heterocycles. The number of aryl methyl sites for hydroxylation is 1. The number of nitrogens with one attached hydrogen (secondary N) is 1. The van der Waals surface area contributed by atoms with Gasteiger partial charge in [0.15, 0.2) is 23.0 Å². The molecule has 0 saturated carbocycles. The summed E-state index contributed by atoms with van der Waals surface area (Å²) in [5.41, 5.74) is 1.92. The van der Waals surface area contributed by atoms with E-state index in [0.717, 1.165) is 5.76 Å². The number of imidazole rings is 1. The molecule has 0 radical (unpaired) electrons. The number of carbonyl (C=O) groups is 1. The van der Waals surface area contributed by atoms with Crippen LogP contribution in [0.5, 0.6) is 11.5 Å². The van der Waals surface area contributed by atoms with Crippen LogP contribution in [0, 0.1) is 6.92 Å². The lowest BCUT2D eigenvalue weighted by Gasteiger charge is -2.04. The topological polar surface area (TPSA) is 97.5 Å². The van der Waals surface area contributed by atoms with Crippen LogP contribution in [0.2, 0.25) is 0 Å². The Labute approximate surface area is 177 Å². The van der Waals surface area contributed by atoms with Gasteiger partial charge in [0.05, 0.1) is 12.8 Å². The maximum Gasteiger partial charge on any atom is 0.330 e. The zero-order valence-corrected chi connectivity index (χ0v) is 17.0. The molecular formula is C24H20N2O5. The first-order valence-corrected chi connectivity index (χ1v) is 9.53. The summed E-state index contributed by atoms with van der Waals surface area (Å²) in [6.07, 6.45) is 4.71. The molecule has 31 heavy (non-hydrogen) atoms. The fourth-order valence-corrected chi connectivity index (χ4v) is 3.17. The number of furan rings is 1. The predicted octanol–water partition coefficient (Wildman–Crippen LogP) is 4.34. The fourth-order valence-electron chi connectivity index (χ4n) is 3.17. The van der Waals surface area contributed by atoms with Gasteiger partial charge in [-0.1, -0.05) is 24.3 Å². The van der Waals surface area contributed by atoms with E-state index in [1.807, 2.05) is 13.0 Å². The minimum Gasteiger partial charge on any atom is -0.504 e. The highest BCUT2D eigenvalue weighted by molar-refractivity contribution is 6.07. The van der Waals surface area contributed by atoms with Gasteiger partial charge in [-0.15, -0.1) is 0 Å². The van der Waals surface area contributed by atoms with Gasteiger partial charge in [0.1, 0.15) is 11.5 Å². The zero-order chi connectivity index (χ0) is 22.0. The van der Waals surface area contributed by atoms with Gasteiger partial charge >= 0.3 is 5.69 Å². The second-order valence-corrected chi connectivity index (χ2v) is 6.93. The summed E-state index contributed by atoms with van der Waals surface area (Å²) in [7, 11) is 1.46. The van der Waals surface area contributed by atoms with Crippen molar-refractivity contribution in [3.05, 3.63) is 94.2 Å². The van der Waals surface area contributed by atoms with Crippen molar-refractivity contribution in [3.8, 4) is 28.6 Å². The molecule has 2 N–H and O–H groups in total. The summed E-state index contributed by atoms with van der Waals surface area (Å²) < 4.78 is 12.1. The zero-order valence-electron chi connectivity index (χ0n) is 17.0. The number of phenols is 1. The largest absolute Gasteiger partial charge is 0.504 e. The number of carbonyl (C=O) groups excluding carboxylic acids is 1. The van der Waals surface area contributed by atoms with E-state index >= 15 is 0 Å². The molecule has 0 aliphatic heterocycles. The van der Waals surface area contributed by atoms with E-state index in [9.17, 15) is 14.7 Å². The lowest BCUT2D eigenvalue weighted by Crippen LogP contribution is -2.14. The molecule has 4 aromatic rings. The monoisotopic (exact) mass is 416 g/mol. The van der Waals surface area contributed by atoms with Crippen molar-refractivity contribution in [1.29, 1.82) is 0 Å². The highest BCUT2D eigenvalue weighted by Crippen LogP contribution is 2.27. The molecule has 0 aliphatic carbocycles. The van der Waals surface area contributed by atoms with E-state index in [1.165, 1.54) is 23.8 Å². The van der Waals surface area contributed by atoms with Crippen molar-refractivity contribution in [2.75, 3.05) is 7.11 Å². The number of phenolic OH excluding ortho intramolecular Hbond substituents is 1. The molecule has 0 atom stereocenters. The molecule has 0 unspecified atom stereocenters. The molecule has 0 saturated heterocycles. The molecule has 0 fully saturated rings. The number of aromatic nitrogens is 2. The maximum atomic E-state index is 12.7. The van der Waals surface area contributed by atoms with Crippen molar-refractivity contribution in [3.63, 3.8) is 0 Å². The molecule has 0 spiro atoms. The normalized spacial score (nSPS) is 11.2. The highest BCUT2D eigenvalue weighted by Gasteiger charge is 2.11. The van der Waals surface area contributed by atoms with Crippen LogP contribution in [0.25, 0.3) is 23.2 Å². The Morgan fingerprint density at radius 1 is 1.16 bits per heavy atom. The van der Waals surface area contributed by atoms with Gasteiger partial charge in [0.25, 0.3) is 0 Å². The van der Waals surface area contributed by atoms with Gasteiger partial charge in [-0.25, -0.2) is 4.79 Å². The van der Waals surface area contributed by atoms with Crippen LogP contribution in [0.1, 0.15) is 21.7 Å². The molecule has 0 bridgehead atoms. The van der Waals surface area contributed by atoms with E-state index in [0.29, 0.717) is 34.0 Å². The average molecular weight is 416 g/mol. The summed E-state index contributed by atoms with van der Waals surface area (Å²) in [5.74, 6) is 1.44. The Hall–Kier alpha value is -4.26. The summed E-state index contributed by atoms with van der Waals surface area (Å²) in [6.45, 7) is 1.83. The summed E-state index contributed by atoms with van der Waals surface area (Å²) >= 11 is 0. The van der Waals surface area contributed by atoms with E-state index in [2.05, 4.69) is 4.98 Å². The molecule has 2 aromatic carbocycles. The van der Waals surface area contributed by atoms with E-state index < -0.39 is 0 Å². The summed E-state index contributed by atoms with van der Waals surface area (Å²) in [4.78, 5) is 27.9. The van der Waals surface area contributed by atoms with Gasteiger partial charge in [-0.3, -0.25) is 9.36 Å². The van der Waals surface area contributed by atoms with Gasteiger partial charge in [-0.2, -0.15) is 0 Å². The van der Waals surface area contributed by atoms with Crippen molar-refractivity contribution >= 4 is 11.9 Å². The maximum absolute atomic E-state index is 12.7. The van der Waals surface area contributed by atoms with Crippen LogP contribution in [-0.4, -0.2) is 27.6 Å². The molecule has 4 rings (SSSR count). The lowest BCUT2D eigenvalue weighted by molar-refractivity contribution is 0.104. The number of ketones is 1. The van der Waals surface area contributed by atoms with Crippen molar-refractivity contribution in [2.45, 2.75) is 6.92 Å². The first-order chi connectivity index (χ1) is 14.9. The number of hydrogen-bond acceptors (Lipinski definition) is 5. The average Bonchev–Trinajstić information content (AvgIpc) is 3.38. The van der Waals surface area contributed by atoms with Crippen LogP contribution in [-0.2, 0) is 0 Å². The molecule has 0 aliphatic rings. The first-order valence-electron chi connectivity index (χ1n) is 9.53. The lowest BCUT2D eigenvalue weighted by atomic mass is 10.1. The van der Waals surface area contributed by atoms with Crippen molar-refractivity contribution < 1.29 is 19.1 Å². The first kappa shape index (κ1) is 20.0. The number of aromatic hydroxyl groups is 1. The van der Waals surface area contributed by atoms with Crippen molar-refractivity contribution in [2.24, 2.45) is 0 Å². The number of nitrogens with zero attached hydrogens (tertiary/aromatic N) is 1. The van der Waals surface area contributed by atoms with Gasteiger partial charge in [0, 0.05) is 11.8 Å². The fraction of sp³-hybridized carbons (Fsp3) is 0.0833. The van der Waals surface area contributed by atoms with Crippen LogP contribution in [0.15, 0.2) is 76.1 Å². The molecular weight excluding hydrogens is 396 g/mol. The minimum absolute atomic E-state index is 0.0275. The molecule has 2 aromatic heterocycles. The number of methoxy groups -OCH3 is 1. The van der Waals surface area contributed by atoms with Gasteiger partial charge in [-0.05, 0) is 55.0 Å². The number of hydrogen-bond donors (Lipinski definition) is 2. The number of ether oxygens (including phenoxy) is 1. The third-order valence-corrected chi connectivity index (χ3v) is 4.76. The number of benzene rings is 2. The number of aromatic amines is 1. The second kappa shape index (κ2) is 8.23. The van der Waals surface area contributed by atoms with Crippen LogP contribution in [0.4, 0.5) is 0 Å². The number of rotatable bonds is 6. The second-order valence-electron chi connectivity index (χ2n) is 6.93. The number of H-pyrrole nitrogens is 1. The summed E-state index contributed by atoms with van der Waals surface area (Å²) in [5, 5.41) is 9.67. The number of allylic oxidation sites excluding steroid dienone is 1. The SMILES string of the molecule is COc1cc(C=CC(=O)c2cccc(-n3cc(-c4ccc(C)o4)[nH]c3=O)c2)ccc1O. The molecule has 7 heteroatoms. The molecule has 0 amide bonds. The van der Waals surface area contributed by atoms with E-state index in [1.54, 1.807) is 54.7 Å². The quantitative estimate of drug-likeness (QED) is 0.360.